The summed E-state index contributed by atoms with van der Waals surface area (Å²) in [5, 5.41) is 2.74. The van der Waals surface area contributed by atoms with E-state index >= 15 is 0 Å². The van der Waals surface area contributed by atoms with Crippen molar-refractivity contribution >= 4 is 29.8 Å². The van der Waals surface area contributed by atoms with Gasteiger partial charge in [0.15, 0.2) is 5.84 Å². The number of carbonyl (C=O) groups is 2. The first kappa shape index (κ1) is 25.4. The topological polar surface area (TPSA) is 86.5 Å². The molecule has 0 saturated heterocycles. The Morgan fingerprint density at radius 2 is 1.56 bits per heavy atom. The van der Waals surface area contributed by atoms with Gasteiger partial charge >= 0.3 is 0 Å². The van der Waals surface area contributed by atoms with Crippen LogP contribution in [-0.4, -0.2) is 41.3 Å². The molecule has 0 radical (unpaired) electrons. The molecule has 7 heteroatoms. The van der Waals surface area contributed by atoms with Gasteiger partial charge < -0.3 is 0 Å². The van der Waals surface area contributed by atoms with Crippen molar-refractivity contribution in [3.8, 4) is 0 Å². The van der Waals surface area contributed by atoms with E-state index in [1.807, 2.05) is 43.3 Å². The second-order valence-corrected chi connectivity index (χ2v) is 9.19. The second kappa shape index (κ2) is 12.3. The van der Waals surface area contributed by atoms with E-state index in [1.54, 1.807) is 6.21 Å². The molecule has 0 aromatic heterocycles. The number of benzene rings is 2. The van der Waals surface area contributed by atoms with Gasteiger partial charge in [-0.3, -0.25) is 19.8 Å². The molecular weight excluding hydrogens is 450 g/mol. The number of aliphatic imine (C=N–C) groups is 3. The van der Waals surface area contributed by atoms with Gasteiger partial charge in [0.2, 0.25) is 11.9 Å². The lowest BCUT2D eigenvalue weighted by atomic mass is 9.98. The highest BCUT2D eigenvalue weighted by Gasteiger charge is 2.30. The second-order valence-electron chi connectivity index (χ2n) is 9.19. The van der Waals surface area contributed by atoms with Gasteiger partial charge in [0.1, 0.15) is 0 Å². The first-order valence-electron chi connectivity index (χ1n) is 12.7. The molecule has 2 aliphatic rings. The van der Waals surface area contributed by atoms with Gasteiger partial charge in [0, 0.05) is 37.3 Å². The average Bonchev–Trinajstić information content (AvgIpc) is 3.28. The fraction of sp³-hybridized carbons (Fsp3) is 0.345. The predicted molar refractivity (Wildman–Crippen MR) is 144 cm³/mol. The molecule has 2 heterocycles. The Morgan fingerprint density at radius 1 is 0.917 bits per heavy atom. The molecule has 1 atom stereocenters. The summed E-state index contributed by atoms with van der Waals surface area (Å²) in [6, 6.07) is 20.5. The van der Waals surface area contributed by atoms with Gasteiger partial charge in [-0.1, -0.05) is 87.4 Å². The zero-order valence-corrected chi connectivity index (χ0v) is 21.0. The molecule has 186 valence electrons. The smallest absolute Gasteiger partial charge is 0.284 e. The zero-order chi connectivity index (χ0) is 25.3. The van der Waals surface area contributed by atoms with Crippen molar-refractivity contribution in [2.45, 2.75) is 52.6 Å². The Bertz CT molecular complexity index is 1160. The van der Waals surface area contributed by atoms with Gasteiger partial charge in [0.05, 0.1) is 5.57 Å². The first-order chi connectivity index (χ1) is 17.6. The van der Waals surface area contributed by atoms with Crippen LogP contribution in [0.5, 0.6) is 0 Å². The lowest BCUT2D eigenvalue weighted by molar-refractivity contribution is -0.123. The highest BCUT2D eigenvalue weighted by molar-refractivity contribution is 6.34. The molecule has 0 fully saturated rings. The van der Waals surface area contributed by atoms with Crippen LogP contribution < -0.4 is 5.32 Å². The standard InChI is InChI=1S/C29H33N5O2/c1-3-5-16-23(4-2)27(35)32-29-31-26-25(28(36)33-29)24(17-30-26)20-34(18-21-12-8-6-9-13-21)19-22-14-10-7-11-15-22/h6-15,17,23H,3-5,16,18-20H2,1-2H3,(H,32,33,35,36). The molecule has 0 spiro atoms. The number of guanidine groups is 1. The Morgan fingerprint density at radius 3 is 2.14 bits per heavy atom. The third kappa shape index (κ3) is 6.49. The van der Waals surface area contributed by atoms with Crippen LogP contribution in [0.15, 0.2) is 86.8 Å². The van der Waals surface area contributed by atoms with E-state index in [4.69, 9.17) is 0 Å². The SMILES string of the molecule is CCCCC(CC)C(=O)NC1=NC(=O)C2=C(CN(Cc3ccccc3)Cc3ccccc3)C=NC2=N1. The number of nitrogens with zero attached hydrogens (tertiary/aromatic N) is 4. The minimum Gasteiger partial charge on any atom is -0.294 e. The normalized spacial score (nSPS) is 15.6. The van der Waals surface area contributed by atoms with Gasteiger partial charge in [-0.2, -0.15) is 9.98 Å². The van der Waals surface area contributed by atoms with E-state index in [1.165, 1.54) is 11.1 Å². The van der Waals surface area contributed by atoms with E-state index in [2.05, 4.69) is 56.4 Å². The maximum atomic E-state index is 13.0. The molecule has 0 aliphatic carbocycles. The maximum absolute atomic E-state index is 13.0. The lowest BCUT2D eigenvalue weighted by Crippen LogP contribution is -2.37. The summed E-state index contributed by atoms with van der Waals surface area (Å²) >= 11 is 0. The third-order valence-corrected chi connectivity index (χ3v) is 6.42. The largest absolute Gasteiger partial charge is 0.294 e. The highest BCUT2D eigenvalue weighted by Crippen LogP contribution is 2.22. The van der Waals surface area contributed by atoms with Gasteiger partial charge in [-0.05, 0) is 24.0 Å². The maximum Gasteiger partial charge on any atom is 0.284 e. The summed E-state index contributed by atoms with van der Waals surface area (Å²) in [4.78, 5) is 40.8. The quantitative estimate of drug-likeness (QED) is 0.503. The summed E-state index contributed by atoms with van der Waals surface area (Å²) in [5.74, 6) is -0.326. The van der Waals surface area contributed by atoms with Crippen LogP contribution in [-0.2, 0) is 22.7 Å². The zero-order valence-electron chi connectivity index (χ0n) is 21.0. The van der Waals surface area contributed by atoms with Crippen LogP contribution >= 0.6 is 0 Å². The van der Waals surface area contributed by atoms with Crippen LogP contribution in [0, 0.1) is 5.92 Å². The fourth-order valence-electron chi connectivity index (χ4n) is 4.46. The monoisotopic (exact) mass is 483 g/mol. The van der Waals surface area contributed by atoms with E-state index in [0.29, 0.717) is 18.0 Å². The molecule has 2 aliphatic heterocycles. The van der Waals surface area contributed by atoms with Crippen molar-refractivity contribution in [1.29, 1.82) is 0 Å². The van der Waals surface area contributed by atoms with Gasteiger partial charge in [0.25, 0.3) is 5.91 Å². The minimum absolute atomic E-state index is 0.0301. The molecule has 1 N–H and O–H groups in total. The summed E-state index contributed by atoms with van der Waals surface area (Å²) in [6.07, 6.45) is 5.25. The van der Waals surface area contributed by atoms with Crippen molar-refractivity contribution in [2.75, 3.05) is 6.54 Å². The van der Waals surface area contributed by atoms with Crippen molar-refractivity contribution in [1.82, 2.24) is 10.2 Å². The molecule has 4 rings (SSSR count). The van der Waals surface area contributed by atoms with Crippen molar-refractivity contribution in [3.63, 3.8) is 0 Å². The number of carbonyl (C=O) groups excluding carboxylic acids is 2. The Labute approximate surface area is 212 Å². The first-order valence-corrected chi connectivity index (χ1v) is 12.7. The highest BCUT2D eigenvalue weighted by atomic mass is 16.2. The summed E-state index contributed by atoms with van der Waals surface area (Å²) in [7, 11) is 0. The van der Waals surface area contributed by atoms with Crippen molar-refractivity contribution in [3.05, 3.63) is 82.9 Å². The van der Waals surface area contributed by atoms with Gasteiger partial charge in [-0.25, -0.2) is 4.99 Å². The van der Waals surface area contributed by atoms with E-state index in [9.17, 15) is 9.59 Å². The van der Waals surface area contributed by atoms with E-state index in [-0.39, 0.29) is 17.8 Å². The molecule has 0 saturated carbocycles. The molecule has 2 aromatic carbocycles. The molecule has 2 aromatic rings. The number of amides is 2. The number of nitrogens with one attached hydrogen (secondary N) is 1. The van der Waals surface area contributed by atoms with Gasteiger partial charge in [-0.15, -0.1) is 0 Å². The minimum atomic E-state index is -0.413. The number of unbranched alkanes of at least 4 members (excludes halogenated alkanes) is 1. The average molecular weight is 484 g/mol. The summed E-state index contributed by atoms with van der Waals surface area (Å²) in [5.41, 5.74) is 3.58. The number of hydrogen-bond donors (Lipinski definition) is 1. The van der Waals surface area contributed by atoms with Crippen LogP contribution in [0.3, 0.4) is 0 Å². The number of amidine groups is 1. The van der Waals surface area contributed by atoms with Crippen molar-refractivity contribution < 1.29 is 9.59 Å². The Balaban J connectivity index is 1.50. The Hall–Kier alpha value is -3.71. The molecule has 2 amide bonds. The summed E-state index contributed by atoms with van der Waals surface area (Å²) < 4.78 is 0. The molecular formula is C29H33N5O2. The summed E-state index contributed by atoms with van der Waals surface area (Å²) in [6.45, 7) is 6.07. The van der Waals surface area contributed by atoms with Crippen LogP contribution in [0.25, 0.3) is 0 Å². The number of rotatable bonds is 11. The molecule has 0 bridgehead atoms. The lowest BCUT2D eigenvalue weighted by Gasteiger charge is -2.23. The van der Waals surface area contributed by atoms with Crippen LogP contribution in [0.4, 0.5) is 0 Å². The Kier molecular flexibility index (Phi) is 8.68. The molecule has 36 heavy (non-hydrogen) atoms. The van der Waals surface area contributed by atoms with Crippen LogP contribution in [0.1, 0.15) is 50.7 Å². The number of hydrogen-bond acceptors (Lipinski definition) is 5. The predicted octanol–water partition coefficient (Wildman–Crippen LogP) is 4.70. The third-order valence-electron chi connectivity index (χ3n) is 6.42. The van der Waals surface area contributed by atoms with Crippen LogP contribution in [0.2, 0.25) is 0 Å². The van der Waals surface area contributed by atoms with E-state index in [0.717, 1.165) is 44.3 Å². The fourth-order valence-corrected chi connectivity index (χ4v) is 4.46. The molecule has 1 unspecified atom stereocenters. The van der Waals surface area contributed by atoms with E-state index < -0.39 is 5.91 Å². The molecule has 7 nitrogen and oxygen atoms in total. The number of fused-ring (bicyclic) bond motifs is 1. The van der Waals surface area contributed by atoms with Crippen molar-refractivity contribution in [2.24, 2.45) is 20.9 Å².